The molecule has 6 heteroatoms. The summed E-state index contributed by atoms with van der Waals surface area (Å²) >= 11 is 0. The number of carbonyl (C=O) groups excluding carboxylic acids is 1. The van der Waals surface area contributed by atoms with Crippen LogP contribution in [0, 0.1) is 0 Å². The molecule has 3 N–H and O–H groups in total. The van der Waals surface area contributed by atoms with E-state index in [0.29, 0.717) is 5.56 Å². The Kier molecular flexibility index (Phi) is 4.06. The summed E-state index contributed by atoms with van der Waals surface area (Å²) in [7, 11) is 1.17. The van der Waals surface area contributed by atoms with Gasteiger partial charge in [-0.25, -0.2) is 9.59 Å². The molecule has 92 valence electrons. The van der Waals surface area contributed by atoms with Gasteiger partial charge in [0.25, 0.3) is 0 Å². The second-order valence-corrected chi connectivity index (χ2v) is 3.40. The third-order valence-electron chi connectivity index (χ3n) is 2.18. The first kappa shape index (κ1) is 13.0. The number of phenols is 1. The molecule has 1 rings (SSSR count). The average molecular weight is 240 g/mol. The maximum absolute atomic E-state index is 11.2. The van der Waals surface area contributed by atoms with Gasteiger partial charge in [-0.05, 0) is 17.7 Å². The van der Waals surface area contributed by atoms with Gasteiger partial charge in [-0.1, -0.05) is 6.07 Å². The molecule has 0 aromatic heterocycles. The molecule has 6 nitrogen and oxygen atoms in total. The fourth-order valence-corrected chi connectivity index (χ4v) is 1.29. The fraction of sp³-hybridized carbons (Fsp3) is 0.273. The lowest BCUT2D eigenvalue weighted by Gasteiger charge is -2.08. The second-order valence-electron chi connectivity index (χ2n) is 3.40. The second kappa shape index (κ2) is 5.31. The van der Waals surface area contributed by atoms with Crippen molar-refractivity contribution >= 4 is 11.9 Å². The number of methoxy groups -OCH3 is 1. The smallest absolute Gasteiger partial charge is 0.341 e. The number of hydrogen-bond acceptors (Lipinski definition) is 5. The summed E-state index contributed by atoms with van der Waals surface area (Å²) in [4.78, 5) is 21.7. The molecule has 1 aromatic carbocycles. The van der Waals surface area contributed by atoms with E-state index in [2.05, 4.69) is 4.74 Å². The van der Waals surface area contributed by atoms with E-state index in [9.17, 15) is 14.7 Å². The Morgan fingerprint density at radius 2 is 2.06 bits per heavy atom. The number of carboxylic acid groups (broad SMARTS) is 1. The number of carboxylic acids is 1. The molecule has 0 radical (unpaired) electrons. The summed E-state index contributed by atoms with van der Waals surface area (Å²) in [6.45, 7) is 0. The van der Waals surface area contributed by atoms with Crippen LogP contribution in [0.25, 0.3) is 0 Å². The van der Waals surface area contributed by atoms with Crippen molar-refractivity contribution in [2.75, 3.05) is 7.11 Å². The van der Waals surface area contributed by atoms with Crippen molar-refractivity contribution in [3.63, 3.8) is 0 Å². The van der Waals surface area contributed by atoms with Crippen LogP contribution in [0.15, 0.2) is 18.2 Å². The van der Waals surface area contributed by atoms with Crippen LogP contribution in [0.5, 0.6) is 5.75 Å². The van der Waals surface area contributed by atoms with Crippen molar-refractivity contribution < 1.29 is 29.6 Å². The number of benzene rings is 1. The van der Waals surface area contributed by atoms with Crippen molar-refractivity contribution in [2.24, 2.45) is 0 Å². The Hall–Kier alpha value is -2.08. The molecule has 0 fully saturated rings. The average Bonchev–Trinajstić information content (AvgIpc) is 2.30. The minimum absolute atomic E-state index is 0.0670. The van der Waals surface area contributed by atoms with Gasteiger partial charge in [0.2, 0.25) is 0 Å². The first-order valence-electron chi connectivity index (χ1n) is 4.76. The van der Waals surface area contributed by atoms with Crippen LogP contribution in [0.3, 0.4) is 0 Å². The highest BCUT2D eigenvalue weighted by molar-refractivity contribution is 5.92. The van der Waals surface area contributed by atoms with Crippen molar-refractivity contribution in [1.29, 1.82) is 0 Å². The van der Waals surface area contributed by atoms with Crippen LogP contribution in [-0.2, 0) is 16.0 Å². The van der Waals surface area contributed by atoms with E-state index >= 15 is 0 Å². The summed E-state index contributed by atoms with van der Waals surface area (Å²) in [5, 5.41) is 27.1. The summed E-state index contributed by atoms with van der Waals surface area (Å²) in [6.07, 6.45) is -1.70. The summed E-state index contributed by atoms with van der Waals surface area (Å²) < 4.78 is 4.45. The number of hydrogen-bond donors (Lipinski definition) is 3. The molecule has 0 saturated carbocycles. The molecule has 17 heavy (non-hydrogen) atoms. The quantitative estimate of drug-likeness (QED) is 0.648. The van der Waals surface area contributed by atoms with Crippen molar-refractivity contribution in [1.82, 2.24) is 0 Å². The van der Waals surface area contributed by atoms with Gasteiger partial charge in [-0.3, -0.25) is 0 Å². The highest BCUT2D eigenvalue weighted by Crippen LogP contribution is 2.20. The molecule has 0 aliphatic carbocycles. The molecule has 1 aromatic rings. The van der Waals surface area contributed by atoms with Gasteiger partial charge in [0.15, 0.2) is 6.10 Å². The molecule has 1 unspecified atom stereocenters. The van der Waals surface area contributed by atoms with E-state index in [1.165, 1.54) is 25.3 Å². The van der Waals surface area contributed by atoms with Crippen LogP contribution in [0.2, 0.25) is 0 Å². The standard InChI is InChI=1S/C11H12O6/c1-17-11(16)7-4-6(2-3-8(7)12)5-9(13)10(14)15/h2-4,9,12-13H,5H2,1H3,(H,14,15). The molecule has 0 spiro atoms. The monoisotopic (exact) mass is 240 g/mol. The molecular weight excluding hydrogens is 228 g/mol. The van der Waals surface area contributed by atoms with Gasteiger partial charge >= 0.3 is 11.9 Å². The van der Waals surface area contributed by atoms with E-state index in [4.69, 9.17) is 10.2 Å². The molecular formula is C11H12O6. The first-order chi connectivity index (χ1) is 7.95. The van der Waals surface area contributed by atoms with Crippen LogP contribution < -0.4 is 0 Å². The van der Waals surface area contributed by atoms with Crippen LogP contribution in [0.4, 0.5) is 0 Å². The number of phenolic OH excluding ortho intramolecular Hbond substituents is 1. The number of esters is 1. The zero-order chi connectivity index (χ0) is 13.0. The largest absolute Gasteiger partial charge is 0.507 e. The Bertz CT molecular complexity index is 440. The predicted molar refractivity (Wildman–Crippen MR) is 56.8 cm³/mol. The van der Waals surface area contributed by atoms with Crippen molar-refractivity contribution in [3.05, 3.63) is 29.3 Å². The number of ether oxygens (including phenoxy) is 1. The third kappa shape index (κ3) is 3.18. The molecule has 0 heterocycles. The van der Waals surface area contributed by atoms with E-state index < -0.39 is 18.0 Å². The molecule has 0 aliphatic rings. The molecule has 0 saturated heterocycles. The van der Waals surface area contributed by atoms with Crippen LogP contribution in [-0.4, -0.2) is 40.5 Å². The Labute approximate surface area is 97.1 Å². The zero-order valence-electron chi connectivity index (χ0n) is 9.08. The lowest BCUT2D eigenvalue weighted by molar-refractivity contribution is -0.146. The van der Waals surface area contributed by atoms with E-state index in [1.54, 1.807) is 0 Å². The zero-order valence-corrected chi connectivity index (χ0v) is 9.08. The van der Waals surface area contributed by atoms with E-state index in [0.717, 1.165) is 0 Å². The highest BCUT2D eigenvalue weighted by atomic mass is 16.5. The van der Waals surface area contributed by atoms with Gasteiger partial charge in [0, 0.05) is 6.42 Å². The molecule has 0 bridgehead atoms. The number of rotatable bonds is 4. The normalized spacial score (nSPS) is 11.9. The lowest BCUT2D eigenvalue weighted by atomic mass is 10.0. The van der Waals surface area contributed by atoms with Gasteiger partial charge < -0.3 is 20.1 Å². The van der Waals surface area contributed by atoms with E-state index in [1.807, 2.05) is 0 Å². The van der Waals surface area contributed by atoms with Gasteiger partial charge in [-0.2, -0.15) is 0 Å². The molecule has 0 amide bonds. The van der Waals surface area contributed by atoms with Crippen LogP contribution >= 0.6 is 0 Å². The maximum atomic E-state index is 11.2. The van der Waals surface area contributed by atoms with Gasteiger partial charge in [0.05, 0.1) is 7.11 Å². The Balaban J connectivity index is 2.96. The van der Waals surface area contributed by atoms with Gasteiger partial charge in [0.1, 0.15) is 11.3 Å². The number of carbonyl (C=O) groups is 2. The highest BCUT2D eigenvalue weighted by Gasteiger charge is 2.17. The number of aromatic hydroxyl groups is 1. The number of aliphatic carboxylic acids is 1. The van der Waals surface area contributed by atoms with Crippen molar-refractivity contribution in [3.8, 4) is 5.75 Å². The summed E-state index contributed by atoms with van der Waals surface area (Å²) in [5.41, 5.74) is 0.348. The summed E-state index contributed by atoms with van der Waals surface area (Å²) in [6, 6.07) is 3.96. The SMILES string of the molecule is COC(=O)c1cc(CC(O)C(=O)O)ccc1O. The first-order valence-corrected chi connectivity index (χ1v) is 4.76. The van der Waals surface area contributed by atoms with E-state index in [-0.39, 0.29) is 17.7 Å². The maximum Gasteiger partial charge on any atom is 0.341 e. The van der Waals surface area contributed by atoms with Crippen molar-refractivity contribution in [2.45, 2.75) is 12.5 Å². The Morgan fingerprint density at radius 1 is 1.41 bits per heavy atom. The minimum Gasteiger partial charge on any atom is -0.507 e. The molecule has 0 aliphatic heterocycles. The number of aliphatic hydroxyl groups is 1. The Morgan fingerprint density at radius 3 is 2.59 bits per heavy atom. The molecule has 1 atom stereocenters. The lowest BCUT2D eigenvalue weighted by Crippen LogP contribution is -2.22. The third-order valence-corrected chi connectivity index (χ3v) is 2.18. The summed E-state index contributed by atoms with van der Waals surface area (Å²) in [5.74, 6) is -2.34. The van der Waals surface area contributed by atoms with Gasteiger partial charge in [-0.15, -0.1) is 0 Å². The van der Waals surface area contributed by atoms with Crippen LogP contribution in [0.1, 0.15) is 15.9 Å². The fourth-order valence-electron chi connectivity index (χ4n) is 1.29. The number of aliphatic hydroxyl groups excluding tert-OH is 1. The minimum atomic E-state index is -1.55. The topological polar surface area (TPSA) is 104 Å². The predicted octanol–water partition coefficient (Wildman–Crippen LogP) is 0.167.